The third-order valence-corrected chi connectivity index (χ3v) is 4.94. The van der Waals surface area contributed by atoms with Crippen LogP contribution in [-0.4, -0.2) is 26.0 Å². The summed E-state index contributed by atoms with van der Waals surface area (Å²) in [6.45, 7) is 0. The van der Waals surface area contributed by atoms with Gasteiger partial charge in [-0.25, -0.2) is 4.79 Å². The van der Waals surface area contributed by atoms with Gasteiger partial charge in [-0.2, -0.15) is 0 Å². The molecule has 1 amide bonds. The van der Waals surface area contributed by atoms with Crippen molar-refractivity contribution in [3.05, 3.63) is 89.5 Å². The fourth-order valence-electron chi connectivity index (χ4n) is 3.41. The van der Waals surface area contributed by atoms with E-state index in [2.05, 4.69) is 16.0 Å². The number of amides is 1. The Hall–Kier alpha value is -4.06. The quantitative estimate of drug-likeness (QED) is 0.436. The number of benzene rings is 3. The van der Waals surface area contributed by atoms with Crippen LogP contribution in [0, 0.1) is 0 Å². The van der Waals surface area contributed by atoms with Gasteiger partial charge in [-0.05, 0) is 42.0 Å². The standard InChI is InChI=1S/C24H21N3O3/c1-25-17-9-11-18(12-10-17)26-22(15-6-4-3-5-7-15)21-19-13-8-16(24(29)30-2)14-20(19)27-23(21)28/h3-14,25-26H,1-2H3,(H,27,28)/b22-21-. The van der Waals surface area contributed by atoms with E-state index in [1.54, 1.807) is 18.2 Å². The SMILES string of the molecule is CNc1ccc(N/C(=C2\C(=O)Nc3cc(C(=O)OC)ccc32)c2ccccc2)cc1. The summed E-state index contributed by atoms with van der Waals surface area (Å²) in [5, 5.41) is 9.37. The molecule has 0 aromatic heterocycles. The van der Waals surface area contributed by atoms with Crippen molar-refractivity contribution in [2.24, 2.45) is 0 Å². The molecule has 0 bridgehead atoms. The summed E-state index contributed by atoms with van der Waals surface area (Å²) >= 11 is 0. The van der Waals surface area contributed by atoms with Gasteiger partial charge >= 0.3 is 5.97 Å². The number of anilines is 3. The Kier molecular flexibility index (Phi) is 5.22. The molecule has 3 N–H and O–H groups in total. The third-order valence-electron chi connectivity index (χ3n) is 4.94. The second-order valence-corrected chi connectivity index (χ2v) is 6.77. The van der Waals surface area contributed by atoms with Crippen LogP contribution in [-0.2, 0) is 9.53 Å². The van der Waals surface area contributed by atoms with Crippen LogP contribution in [0.5, 0.6) is 0 Å². The minimum Gasteiger partial charge on any atom is -0.465 e. The second kappa shape index (κ2) is 8.13. The molecular weight excluding hydrogens is 378 g/mol. The second-order valence-electron chi connectivity index (χ2n) is 6.77. The van der Waals surface area contributed by atoms with E-state index in [4.69, 9.17) is 4.74 Å². The Balaban J connectivity index is 1.84. The number of carbonyl (C=O) groups excluding carboxylic acids is 2. The van der Waals surface area contributed by atoms with Crippen molar-refractivity contribution >= 4 is 40.2 Å². The molecule has 6 nitrogen and oxygen atoms in total. The maximum Gasteiger partial charge on any atom is 0.337 e. The fourth-order valence-corrected chi connectivity index (χ4v) is 3.41. The van der Waals surface area contributed by atoms with Crippen LogP contribution in [0.3, 0.4) is 0 Å². The Morgan fingerprint density at radius 1 is 0.900 bits per heavy atom. The first-order valence-electron chi connectivity index (χ1n) is 9.49. The Labute approximate surface area is 174 Å². The van der Waals surface area contributed by atoms with E-state index in [0.29, 0.717) is 22.5 Å². The smallest absolute Gasteiger partial charge is 0.337 e. The molecule has 4 rings (SSSR count). The van der Waals surface area contributed by atoms with E-state index in [9.17, 15) is 9.59 Å². The summed E-state index contributed by atoms with van der Waals surface area (Å²) in [5.74, 6) is -0.680. The van der Waals surface area contributed by atoms with Crippen molar-refractivity contribution in [3.63, 3.8) is 0 Å². The van der Waals surface area contributed by atoms with Crippen molar-refractivity contribution < 1.29 is 14.3 Å². The van der Waals surface area contributed by atoms with Crippen LogP contribution in [0.4, 0.5) is 17.1 Å². The molecule has 1 heterocycles. The number of methoxy groups -OCH3 is 1. The zero-order chi connectivity index (χ0) is 21.1. The summed E-state index contributed by atoms with van der Waals surface area (Å²) in [6, 6.07) is 22.6. The lowest BCUT2D eigenvalue weighted by atomic mass is 9.99. The average molecular weight is 399 g/mol. The first-order valence-corrected chi connectivity index (χ1v) is 9.49. The fraction of sp³-hybridized carbons (Fsp3) is 0.0833. The van der Waals surface area contributed by atoms with E-state index < -0.39 is 5.97 Å². The van der Waals surface area contributed by atoms with Crippen LogP contribution in [0.1, 0.15) is 21.5 Å². The molecule has 6 heteroatoms. The van der Waals surface area contributed by atoms with Gasteiger partial charge in [0.25, 0.3) is 5.91 Å². The first kappa shape index (κ1) is 19.3. The number of hydrogen-bond acceptors (Lipinski definition) is 5. The number of fused-ring (bicyclic) bond motifs is 1. The molecule has 1 aliphatic heterocycles. The molecular formula is C24H21N3O3. The minimum absolute atomic E-state index is 0.231. The molecule has 3 aromatic rings. The highest BCUT2D eigenvalue weighted by molar-refractivity contribution is 6.37. The molecule has 0 radical (unpaired) electrons. The molecule has 0 atom stereocenters. The minimum atomic E-state index is -0.449. The first-order chi connectivity index (χ1) is 14.6. The monoisotopic (exact) mass is 399 g/mol. The number of nitrogens with one attached hydrogen (secondary N) is 3. The van der Waals surface area contributed by atoms with Gasteiger partial charge in [-0.15, -0.1) is 0 Å². The van der Waals surface area contributed by atoms with Crippen molar-refractivity contribution in [1.82, 2.24) is 0 Å². The van der Waals surface area contributed by atoms with Crippen molar-refractivity contribution in [2.75, 3.05) is 30.1 Å². The molecule has 0 unspecified atom stereocenters. The highest BCUT2D eigenvalue weighted by Crippen LogP contribution is 2.38. The topological polar surface area (TPSA) is 79.5 Å². The van der Waals surface area contributed by atoms with Crippen LogP contribution >= 0.6 is 0 Å². The lowest BCUT2D eigenvalue weighted by Gasteiger charge is -2.15. The zero-order valence-electron chi connectivity index (χ0n) is 16.7. The van der Waals surface area contributed by atoms with Crippen molar-refractivity contribution in [1.29, 1.82) is 0 Å². The van der Waals surface area contributed by atoms with Gasteiger partial charge < -0.3 is 20.7 Å². The van der Waals surface area contributed by atoms with Gasteiger partial charge in [0.2, 0.25) is 0 Å². The Morgan fingerprint density at radius 2 is 1.60 bits per heavy atom. The van der Waals surface area contributed by atoms with Gasteiger partial charge in [0.05, 0.1) is 29.6 Å². The molecule has 0 fully saturated rings. The van der Waals surface area contributed by atoms with Crippen LogP contribution in [0.25, 0.3) is 11.3 Å². The number of carbonyl (C=O) groups is 2. The molecule has 0 saturated carbocycles. The van der Waals surface area contributed by atoms with E-state index in [0.717, 1.165) is 22.5 Å². The lowest BCUT2D eigenvalue weighted by Crippen LogP contribution is -2.10. The van der Waals surface area contributed by atoms with Gasteiger partial charge in [-0.1, -0.05) is 36.4 Å². The summed E-state index contributed by atoms with van der Waals surface area (Å²) < 4.78 is 4.78. The highest BCUT2D eigenvalue weighted by atomic mass is 16.5. The molecule has 0 spiro atoms. The van der Waals surface area contributed by atoms with Crippen LogP contribution in [0.15, 0.2) is 72.8 Å². The van der Waals surface area contributed by atoms with Gasteiger partial charge in [0.15, 0.2) is 0 Å². The molecule has 1 aliphatic rings. The summed E-state index contributed by atoms with van der Waals surface area (Å²) in [4.78, 5) is 24.8. The number of hydrogen-bond donors (Lipinski definition) is 3. The third kappa shape index (κ3) is 3.63. The van der Waals surface area contributed by atoms with Gasteiger partial charge in [0.1, 0.15) is 0 Å². The zero-order valence-corrected chi connectivity index (χ0v) is 16.7. The van der Waals surface area contributed by atoms with E-state index in [-0.39, 0.29) is 5.91 Å². The predicted molar refractivity (Wildman–Crippen MR) is 119 cm³/mol. The van der Waals surface area contributed by atoms with Gasteiger partial charge in [-0.3, -0.25) is 4.79 Å². The normalized spacial score (nSPS) is 13.9. The van der Waals surface area contributed by atoms with E-state index >= 15 is 0 Å². The number of rotatable bonds is 5. The predicted octanol–water partition coefficient (Wildman–Crippen LogP) is 4.45. The molecule has 3 aromatic carbocycles. The number of esters is 1. The summed E-state index contributed by atoms with van der Waals surface area (Å²) in [5.41, 5.74) is 5.63. The summed E-state index contributed by atoms with van der Waals surface area (Å²) in [6.07, 6.45) is 0. The molecule has 0 saturated heterocycles. The van der Waals surface area contributed by atoms with Crippen molar-refractivity contribution in [3.8, 4) is 0 Å². The molecule has 0 aliphatic carbocycles. The largest absolute Gasteiger partial charge is 0.465 e. The van der Waals surface area contributed by atoms with Crippen LogP contribution in [0.2, 0.25) is 0 Å². The summed E-state index contributed by atoms with van der Waals surface area (Å²) in [7, 11) is 3.19. The molecule has 30 heavy (non-hydrogen) atoms. The molecule has 150 valence electrons. The Bertz CT molecular complexity index is 1140. The number of ether oxygens (including phenoxy) is 1. The van der Waals surface area contributed by atoms with Crippen molar-refractivity contribution in [2.45, 2.75) is 0 Å². The maximum absolute atomic E-state index is 13.0. The van der Waals surface area contributed by atoms with Crippen LogP contribution < -0.4 is 16.0 Å². The van der Waals surface area contributed by atoms with E-state index in [1.807, 2.05) is 61.6 Å². The van der Waals surface area contributed by atoms with E-state index in [1.165, 1.54) is 7.11 Å². The Morgan fingerprint density at radius 3 is 2.27 bits per heavy atom. The highest BCUT2D eigenvalue weighted by Gasteiger charge is 2.29. The average Bonchev–Trinajstić information content (AvgIpc) is 3.12. The maximum atomic E-state index is 13.0. The lowest BCUT2D eigenvalue weighted by molar-refractivity contribution is -0.110. The van der Waals surface area contributed by atoms with Gasteiger partial charge in [0, 0.05) is 24.0 Å².